The molecule has 1 rings (SSSR count). The Labute approximate surface area is 116 Å². The van der Waals surface area contributed by atoms with Crippen molar-refractivity contribution in [2.75, 3.05) is 19.7 Å². The first-order chi connectivity index (χ1) is 9.34. The van der Waals surface area contributed by atoms with Crippen molar-refractivity contribution in [2.24, 2.45) is 0 Å². The van der Waals surface area contributed by atoms with Gasteiger partial charge in [-0.05, 0) is 35.1 Å². The molecule has 0 amide bonds. The van der Waals surface area contributed by atoms with E-state index in [0.29, 0.717) is 6.61 Å². The molecule has 0 unspecified atom stereocenters. The maximum absolute atomic E-state index is 11.2. The lowest BCUT2D eigenvalue weighted by molar-refractivity contribution is -0.144. The lowest BCUT2D eigenvalue weighted by Crippen LogP contribution is -2.33. The minimum Gasteiger partial charge on any atom is -0.514 e. The number of likely N-dealkylation sites (tertiary alicyclic amines) is 1. The van der Waals surface area contributed by atoms with Gasteiger partial charge in [-0.15, -0.1) is 0 Å². The first-order valence-corrected chi connectivity index (χ1v) is 7.22. The highest BCUT2D eigenvalue weighted by molar-refractivity contribution is 7.80. The molecule has 1 aliphatic rings. The maximum atomic E-state index is 11.2. The molecular formula is C10H18FNO7S. The number of hydrogen-bond acceptors (Lipinski definition) is 7. The Morgan fingerprint density at radius 3 is 2.55 bits per heavy atom. The second kappa shape index (κ2) is 9.50. The number of aliphatic hydroxyl groups excluding tert-OH is 1. The number of carbonyl (C=O) groups excluding carboxylic acids is 1. The minimum atomic E-state index is -4.83. The van der Waals surface area contributed by atoms with Crippen LogP contribution in [-0.4, -0.2) is 48.6 Å². The van der Waals surface area contributed by atoms with Gasteiger partial charge in [0.15, 0.2) is 0 Å². The lowest BCUT2D eigenvalue weighted by atomic mass is 10.1. The first-order valence-electron chi connectivity index (χ1n) is 5.85. The SMILES string of the molecule is CCOC(=O)CN1CCCCC1=CO.O=S(=O)(O)OF. The van der Waals surface area contributed by atoms with E-state index in [0.717, 1.165) is 37.8 Å². The molecule has 0 spiro atoms. The van der Waals surface area contributed by atoms with E-state index < -0.39 is 10.4 Å². The van der Waals surface area contributed by atoms with Crippen LogP contribution in [0, 0.1) is 0 Å². The molecule has 0 bridgehead atoms. The van der Waals surface area contributed by atoms with E-state index in [2.05, 4.69) is 0 Å². The van der Waals surface area contributed by atoms with Crippen molar-refractivity contribution in [1.29, 1.82) is 0 Å². The molecule has 0 saturated carbocycles. The largest absolute Gasteiger partial charge is 0.514 e. The average molecular weight is 315 g/mol. The Kier molecular flexibility index (Phi) is 8.84. The lowest BCUT2D eigenvalue weighted by Gasteiger charge is -2.29. The third-order valence-corrected chi connectivity index (χ3v) is 2.53. The van der Waals surface area contributed by atoms with Crippen LogP contribution >= 0.6 is 0 Å². The van der Waals surface area contributed by atoms with Gasteiger partial charge in [0, 0.05) is 12.2 Å². The summed E-state index contributed by atoms with van der Waals surface area (Å²) in [4.78, 5) is 13.1. The summed E-state index contributed by atoms with van der Waals surface area (Å²) in [5.74, 6) is -0.228. The topological polar surface area (TPSA) is 113 Å². The number of hydrogen-bond donors (Lipinski definition) is 2. The van der Waals surface area contributed by atoms with E-state index in [1.165, 1.54) is 0 Å². The van der Waals surface area contributed by atoms with Crippen molar-refractivity contribution in [1.82, 2.24) is 4.90 Å². The highest BCUT2D eigenvalue weighted by Gasteiger charge is 2.18. The van der Waals surface area contributed by atoms with Crippen LogP contribution in [-0.2, 0) is 24.3 Å². The number of nitrogens with zero attached hydrogens (tertiary/aromatic N) is 1. The highest BCUT2D eigenvalue weighted by atomic mass is 32.3. The van der Waals surface area contributed by atoms with E-state index in [9.17, 15) is 9.32 Å². The Balaban J connectivity index is 0.000000511. The van der Waals surface area contributed by atoms with Crippen molar-refractivity contribution in [2.45, 2.75) is 26.2 Å². The van der Waals surface area contributed by atoms with Crippen LogP contribution in [0.25, 0.3) is 0 Å². The summed E-state index contributed by atoms with van der Waals surface area (Å²) in [6.45, 7) is 3.27. The van der Waals surface area contributed by atoms with Gasteiger partial charge in [-0.25, -0.2) is 0 Å². The van der Waals surface area contributed by atoms with Crippen LogP contribution in [0.3, 0.4) is 0 Å². The minimum absolute atomic E-state index is 0.228. The van der Waals surface area contributed by atoms with Gasteiger partial charge in [-0.1, -0.05) is 0 Å². The summed E-state index contributed by atoms with van der Waals surface area (Å²) in [5.41, 5.74) is 0.837. The molecule has 0 aromatic heterocycles. The number of halogens is 1. The normalized spacial score (nSPS) is 17.4. The summed E-state index contributed by atoms with van der Waals surface area (Å²) in [7, 11) is -4.83. The van der Waals surface area contributed by atoms with Gasteiger partial charge in [-0.3, -0.25) is 9.35 Å². The van der Waals surface area contributed by atoms with Crippen molar-refractivity contribution in [3.05, 3.63) is 12.0 Å². The number of rotatable bonds is 4. The van der Waals surface area contributed by atoms with Crippen molar-refractivity contribution in [3.8, 4) is 0 Å². The Morgan fingerprint density at radius 1 is 1.50 bits per heavy atom. The molecule has 0 aromatic carbocycles. The molecule has 20 heavy (non-hydrogen) atoms. The molecule has 0 atom stereocenters. The molecule has 1 heterocycles. The van der Waals surface area contributed by atoms with Crippen LogP contribution in [0.1, 0.15) is 26.2 Å². The summed E-state index contributed by atoms with van der Waals surface area (Å²) in [6.07, 6.45) is 4.08. The summed E-state index contributed by atoms with van der Waals surface area (Å²) >= 11 is 0. The van der Waals surface area contributed by atoms with Gasteiger partial charge in [-0.2, -0.15) is 8.42 Å². The fourth-order valence-corrected chi connectivity index (χ4v) is 1.60. The van der Waals surface area contributed by atoms with E-state index in [1.54, 1.807) is 6.92 Å². The molecule has 10 heteroatoms. The average Bonchev–Trinajstić information content (AvgIpc) is 2.39. The zero-order valence-electron chi connectivity index (χ0n) is 11.0. The van der Waals surface area contributed by atoms with E-state index >= 15 is 0 Å². The molecule has 1 saturated heterocycles. The van der Waals surface area contributed by atoms with Crippen LogP contribution in [0.2, 0.25) is 0 Å². The van der Waals surface area contributed by atoms with Crippen LogP contribution in [0.5, 0.6) is 0 Å². The van der Waals surface area contributed by atoms with E-state index in [4.69, 9.17) is 22.8 Å². The maximum Gasteiger partial charge on any atom is 0.428 e. The van der Waals surface area contributed by atoms with Gasteiger partial charge in [0.25, 0.3) is 0 Å². The zero-order valence-corrected chi connectivity index (χ0v) is 11.8. The smallest absolute Gasteiger partial charge is 0.428 e. The number of esters is 1. The molecular weight excluding hydrogens is 297 g/mol. The first kappa shape index (κ1) is 18.6. The molecule has 0 radical (unpaired) electrons. The molecule has 0 aliphatic carbocycles. The molecule has 118 valence electrons. The Morgan fingerprint density at radius 2 is 2.10 bits per heavy atom. The number of carbonyl (C=O) groups is 1. The second-order valence-electron chi connectivity index (χ2n) is 3.79. The van der Waals surface area contributed by atoms with Crippen LogP contribution in [0.15, 0.2) is 12.0 Å². The summed E-state index contributed by atoms with van der Waals surface area (Å²) in [5, 5.41) is 8.95. The predicted octanol–water partition coefficient (Wildman–Crippen LogP) is 1.13. The number of piperidine rings is 1. The Bertz CT molecular complexity index is 423. The predicted molar refractivity (Wildman–Crippen MR) is 66.5 cm³/mol. The van der Waals surface area contributed by atoms with Gasteiger partial charge in [0.2, 0.25) is 0 Å². The van der Waals surface area contributed by atoms with E-state index in [1.807, 2.05) is 9.29 Å². The zero-order chi connectivity index (χ0) is 15.6. The highest BCUT2D eigenvalue weighted by Crippen LogP contribution is 2.19. The standard InChI is InChI=1S/C10H17NO3.FHO4S/c1-2-14-10(13)7-11-6-4-3-5-9(11)8-12;1-5-6(2,3)4/h8,12H,2-7H2,1H3;(H,2,3,4). The van der Waals surface area contributed by atoms with Gasteiger partial charge < -0.3 is 14.7 Å². The fraction of sp³-hybridized carbons (Fsp3) is 0.700. The molecule has 1 aliphatic heterocycles. The molecule has 8 nitrogen and oxygen atoms in total. The molecule has 1 fully saturated rings. The second-order valence-corrected chi connectivity index (χ2v) is 4.78. The van der Waals surface area contributed by atoms with Gasteiger partial charge >= 0.3 is 16.4 Å². The number of ether oxygens (including phenoxy) is 1. The quantitative estimate of drug-likeness (QED) is 0.451. The molecule has 0 aromatic rings. The number of allylic oxidation sites excluding steroid dienone is 1. The third-order valence-electron chi connectivity index (χ3n) is 2.37. The fourth-order valence-electron chi connectivity index (χ4n) is 1.60. The van der Waals surface area contributed by atoms with E-state index in [-0.39, 0.29) is 12.5 Å². The van der Waals surface area contributed by atoms with Crippen molar-refractivity contribution < 1.29 is 36.5 Å². The van der Waals surface area contributed by atoms with Crippen LogP contribution < -0.4 is 0 Å². The molecule has 2 N–H and O–H groups in total. The third kappa shape index (κ3) is 8.67. The Hall–Kier alpha value is -1.39. The number of aliphatic hydroxyl groups is 1. The van der Waals surface area contributed by atoms with Crippen LogP contribution in [0.4, 0.5) is 4.53 Å². The van der Waals surface area contributed by atoms with Gasteiger partial charge in [0.05, 0.1) is 12.9 Å². The van der Waals surface area contributed by atoms with Crippen molar-refractivity contribution in [3.63, 3.8) is 0 Å². The van der Waals surface area contributed by atoms with Gasteiger partial charge in [0.1, 0.15) is 6.54 Å². The monoisotopic (exact) mass is 315 g/mol. The summed E-state index contributed by atoms with van der Waals surface area (Å²) in [6, 6.07) is 0. The van der Waals surface area contributed by atoms with Crippen molar-refractivity contribution >= 4 is 16.4 Å². The summed E-state index contributed by atoms with van der Waals surface area (Å²) < 4.78 is 42.1.